The van der Waals surface area contributed by atoms with E-state index in [1.165, 1.54) is 19.3 Å². The number of hydrogen-bond donors (Lipinski definition) is 0. The quantitative estimate of drug-likeness (QED) is 0.575. The summed E-state index contributed by atoms with van der Waals surface area (Å²) in [5, 5.41) is 0. The Bertz CT molecular complexity index is 207. The van der Waals surface area contributed by atoms with Gasteiger partial charge in [0.1, 0.15) is 6.71 Å². The van der Waals surface area contributed by atoms with Crippen LogP contribution < -0.4 is 0 Å². The average molecular weight is 300 g/mol. The third-order valence-corrected chi connectivity index (χ3v) is 6.58. The first-order valence-corrected chi connectivity index (χ1v) is 9.45. The molecule has 3 rings (SSSR count). The van der Waals surface area contributed by atoms with Gasteiger partial charge in [0.25, 0.3) is 0 Å². The Morgan fingerprint density at radius 2 is 0.650 bits per heavy atom. The van der Waals surface area contributed by atoms with E-state index < -0.39 is 0 Å². The minimum atomic E-state index is 0. The molecule has 0 atom stereocenters. The van der Waals surface area contributed by atoms with Crippen molar-refractivity contribution in [3.05, 3.63) is 0 Å². The van der Waals surface area contributed by atoms with E-state index in [1.807, 2.05) is 0 Å². The van der Waals surface area contributed by atoms with E-state index in [4.69, 9.17) is 0 Å². The molecule has 3 fully saturated rings. The van der Waals surface area contributed by atoms with Crippen LogP contribution in [-0.2, 0) is 0 Å². The standard InChI is InChI=1S/C18H33B.K.H/c1-4-10-16(11-5-1)19(17-12-6-2-7-13-17)18-14-8-3-9-15-18;;/h16-18H,1-15H2;;. The zero-order chi connectivity index (χ0) is 12.9. The number of hydrogen-bond acceptors (Lipinski definition) is 0. The van der Waals surface area contributed by atoms with Gasteiger partial charge in [-0.2, -0.15) is 0 Å². The summed E-state index contributed by atoms with van der Waals surface area (Å²) < 4.78 is 0. The topological polar surface area (TPSA) is 0 Å². The fraction of sp³-hybridized carbons (Fsp3) is 1.00. The maximum absolute atomic E-state index is 1.58. The molecule has 0 aromatic rings. The van der Waals surface area contributed by atoms with Gasteiger partial charge in [0.2, 0.25) is 0 Å². The first-order valence-electron chi connectivity index (χ1n) is 9.45. The predicted octanol–water partition coefficient (Wildman–Crippen LogP) is 5.84. The van der Waals surface area contributed by atoms with Crippen molar-refractivity contribution in [2.24, 2.45) is 0 Å². The van der Waals surface area contributed by atoms with Crippen molar-refractivity contribution in [2.75, 3.05) is 0 Å². The van der Waals surface area contributed by atoms with Crippen LogP contribution >= 0.6 is 0 Å². The van der Waals surface area contributed by atoms with E-state index in [0.717, 1.165) is 24.2 Å². The zero-order valence-corrected chi connectivity index (χ0v) is 12.9. The summed E-state index contributed by atoms with van der Waals surface area (Å²) >= 11 is 0. The van der Waals surface area contributed by atoms with Gasteiger partial charge < -0.3 is 0 Å². The summed E-state index contributed by atoms with van der Waals surface area (Å²) in [5.74, 6) is 3.37. The molecular formula is C18H34BK. The fourth-order valence-corrected chi connectivity index (χ4v) is 5.71. The first kappa shape index (κ1) is 18.0. The van der Waals surface area contributed by atoms with Crippen LogP contribution in [0.15, 0.2) is 0 Å². The Morgan fingerprint density at radius 1 is 0.400 bits per heavy atom. The third kappa shape index (κ3) is 4.85. The summed E-state index contributed by atoms with van der Waals surface area (Å²) in [4.78, 5) is 0. The van der Waals surface area contributed by atoms with Gasteiger partial charge in [-0.3, -0.25) is 0 Å². The molecule has 3 saturated carbocycles. The van der Waals surface area contributed by atoms with E-state index in [9.17, 15) is 0 Å². The Kier molecular flexibility index (Phi) is 8.80. The molecule has 0 bridgehead atoms. The summed E-state index contributed by atoms with van der Waals surface area (Å²) in [6.45, 7) is 1.14. The van der Waals surface area contributed by atoms with Gasteiger partial charge >= 0.3 is 51.4 Å². The molecule has 0 radical (unpaired) electrons. The molecule has 0 aromatic carbocycles. The minimum absolute atomic E-state index is 0. The van der Waals surface area contributed by atoms with Gasteiger partial charge in [-0.15, -0.1) is 0 Å². The molecule has 0 aromatic heterocycles. The summed E-state index contributed by atoms with van der Waals surface area (Å²) in [6.07, 6.45) is 23.3. The van der Waals surface area contributed by atoms with Crippen LogP contribution in [-0.4, -0.2) is 58.1 Å². The van der Waals surface area contributed by atoms with Crippen LogP contribution in [0.1, 0.15) is 96.3 Å². The van der Waals surface area contributed by atoms with Gasteiger partial charge in [0, 0.05) is 0 Å². The Hall–Kier alpha value is 1.70. The Morgan fingerprint density at radius 3 is 0.900 bits per heavy atom. The molecule has 0 N–H and O–H groups in total. The second-order valence-electron chi connectivity index (χ2n) is 7.77. The number of rotatable bonds is 3. The second kappa shape index (κ2) is 9.75. The molecule has 3 aliphatic carbocycles. The third-order valence-electron chi connectivity index (χ3n) is 6.58. The van der Waals surface area contributed by atoms with E-state index in [2.05, 4.69) is 0 Å². The van der Waals surface area contributed by atoms with E-state index in [0.29, 0.717) is 0 Å². The van der Waals surface area contributed by atoms with Crippen LogP contribution in [0.5, 0.6) is 0 Å². The van der Waals surface area contributed by atoms with Crippen molar-refractivity contribution in [1.29, 1.82) is 0 Å². The van der Waals surface area contributed by atoms with Crippen molar-refractivity contribution in [1.82, 2.24) is 0 Å². The molecule has 0 spiro atoms. The van der Waals surface area contributed by atoms with Gasteiger partial charge in [-0.1, -0.05) is 114 Å². The average Bonchev–Trinajstić information content (AvgIpc) is 2.51. The van der Waals surface area contributed by atoms with Crippen LogP contribution in [0.3, 0.4) is 0 Å². The van der Waals surface area contributed by atoms with Crippen molar-refractivity contribution < 1.29 is 0 Å². The molecule has 110 valence electrons. The normalized spacial score (nSPS) is 27.0. The van der Waals surface area contributed by atoms with Crippen molar-refractivity contribution in [2.45, 2.75) is 114 Å². The molecule has 0 saturated heterocycles. The predicted molar refractivity (Wildman–Crippen MR) is 93.4 cm³/mol. The first-order chi connectivity index (χ1) is 9.45. The summed E-state index contributed by atoms with van der Waals surface area (Å²) in [6, 6.07) is 0. The molecule has 20 heavy (non-hydrogen) atoms. The molecule has 2 heteroatoms. The van der Waals surface area contributed by atoms with Gasteiger partial charge in [-0.05, 0) is 0 Å². The van der Waals surface area contributed by atoms with Gasteiger partial charge in [-0.25, -0.2) is 0 Å². The zero-order valence-electron chi connectivity index (χ0n) is 12.9. The molecule has 0 amide bonds. The van der Waals surface area contributed by atoms with Crippen LogP contribution in [0, 0.1) is 0 Å². The SMILES string of the molecule is C1CCC(B(C2CCCCC2)C2CCCCC2)CC1.[KH]. The van der Waals surface area contributed by atoms with Gasteiger partial charge in [0.05, 0.1) is 0 Å². The van der Waals surface area contributed by atoms with Gasteiger partial charge in [0.15, 0.2) is 0 Å². The monoisotopic (exact) mass is 300 g/mol. The van der Waals surface area contributed by atoms with E-state index >= 15 is 0 Å². The summed E-state index contributed by atoms with van der Waals surface area (Å²) in [5.41, 5.74) is 0. The molecule has 0 unspecified atom stereocenters. The van der Waals surface area contributed by atoms with Crippen LogP contribution in [0.25, 0.3) is 0 Å². The van der Waals surface area contributed by atoms with E-state index in [-0.39, 0.29) is 51.4 Å². The summed E-state index contributed by atoms with van der Waals surface area (Å²) in [7, 11) is 0. The van der Waals surface area contributed by atoms with Crippen LogP contribution in [0.4, 0.5) is 0 Å². The van der Waals surface area contributed by atoms with Crippen molar-refractivity contribution in [3.8, 4) is 0 Å². The fourth-order valence-electron chi connectivity index (χ4n) is 5.71. The molecule has 0 aliphatic heterocycles. The van der Waals surface area contributed by atoms with Crippen molar-refractivity contribution >= 4 is 58.1 Å². The maximum atomic E-state index is 1.58. The Balaban J connectivity index is 0.00000147. The van der Waals surface area contributed by atoms with Crippen LogP contribution in [0.2, 0.25) is 17.5 Å². The van der Waals surface area contributed by atoms with Crippen molar-refractivity contribution in [3.63, 3.8) is 0 Å². The molecule has 0 nitrogen and oxygen atoms in total. The Labute approximate surface area is 170 Å². The molecular weight excluding hydrogens is 266 g/mol. The molecule has 0 heterocycles. The second-order valence-corrected chi connectivity index (χ2v) is 7.77. The van der Waals surface area contributed by atoms with E-state index in [1.54, 1.807) is 77.0 Å². The molecule has 3 aliphatic rings.